The van der Waals surface area contributed by atoms with Gasteiger partial charge in [-0.1, -0.05) is 0 Å². The Hall–Kier alpha value is -1.38. The summed E-state index contributed by atoms with van der Waals surface area (Å²) in [5, 5.41) is 0. The molecule has 0 aliphatic heterocycles. The minimum absolute atomic E-state index is 0.882. The molecular weight excluding hydrogens is 126 g/mol. The lowest BCUT2D eigenvalue weighted by atomic mass is 10.6. The Kier molecular flexibility index (Phi) is 1.99. The fourth-order valence-corrected chi connectivity index (χ4v) is 0.657. The van der Waals surface area contributed by atoms with Gasteiger partial charge in [0.25, 0.3) is 0 Å². The number of aliphatic imine (C=N–C) groups is 1. The van der Waals surface area contributed by atoms with E-state index >= 15 is 0 Å². The molecule has 10 heavy (non-hydrogen) atoms. The van der Waals surface area contributed by atoms with Crippen LogP contribution in [0.2, 0.25) is 0 Å². The van der Waals surface area contributed by atoms with E-state index in [9.17, 15) is 0 Å². The predicted octanol–water partition coefficient (Wildman–Crippen LogP) is 1.09. The first kappa shape index (κ1) is 6.74. The zero-order chi connectivity index (χ0) is 7.40. The summed E-state index contributed by atoms with van der Waals surface area (Å²) in [6, 6.07) is 0. The topological polar surface area (TPSA) is 30.2 Å². The molecule has 0 spiro atoms. The predicted molar refractivity (Wildman–Crippen MR) is 41.8 cm³/mol. The molecule has 52 valence electrons. The summed E-state index contributed by atoms with van der Waals surface area (Å²) in [7, 11) is 1.93. The number of hydrogen-bond acceptors (Lipinski definition) is 2. The quantitative estimate of drug-likeness (QED) is 0.558. The van der Waals surface area contributed by atoms with E-state index in [2.05, 4.69) is 16.7 Å². The van der Waals surface area contributed by atoms with Crippen LogP contribution in [0.3, 0.4) is 0 Å². The zero-order valence-corrected chi connectivity index (χ0v) is 5.86. The van der Waals surface area contributed by atoms with Gasteiger partial charge in [-0.2, -0.15) is 0 Å². The molecule has 1 rings (SSSR count). The highest BCUT2D eigenvalue weighted by molar-refractivity contribution is 5.42. The normalized spacial score (nSPS) is 10.5. The molecule has 0 radical (unpaired) electrons. The van der Waals surface area contributed by atoms with Crippen LogP contribution in [0.5, 0.6) is 0 Å². The fraction of sp³-hybridized carbons (Fsp3) is 0.143. The molecule has 1 heterocycles. The first-order valence-corrected chi connectivity index (χ1v) is 2.94. The molecule has 3 nitrogen and oxygen atoms in total. The average molecular weight is 135 g/mol. The van der Waals surface area contributed by atoms with Gasteiger partial charge in [-0.25, -0.2) is 4.98 Å². The first-order valence-electron chi connectivity index (χ1n) is 2.94. The van der Waals surface area contributed by atoms with Crippen molar-refractivity contribution in [1.82, 2.24) is 9.55 Å². The maximum Gasteiger partial charge on any atom is 0.133 e. The van der Waals surface area contributed by atoms with Crippen molar-refractivity contribution >= 4 is 12.8 Å². The van der Waals surface area contributed by atoms with Crippen LogP contribution in [0.4, 0.5) is 0 Å². The third-order valence-electron chi connectivity index (χ3n) is 1.19. The summed E-state index contributed by atoms with van der Waals surface area (Å²) in [5.74, 6) is 0.882. The third kappa shape index (κ3) is 1.31. The molecule has 1 aromatic heterocycles. The van der Waals surface area contributed by atoms with Crippen LogP contribution in [0.15, 0.2) is 23.6 Å². The van der Waals surface area contributed by atoms with Crippen molar-refractivity contribution in [1.29, 1.82) is 0 Å². The van der Waals surface area contributed by atoms with E-state index in [1.54, 1.807) is 18.5 Å². The maximum atomic E-state index is 4.04. The van der Waals surface area contributed by atoms with E-state index in [4.69, 9.17) is 0 Å². The SMILES string of the molecule is C=N/C=C\c1nccn1C. The second-order valence-corrected chi connectivity index (χ2v) is 1.89. The van der Waals surface area contributed by atoms with E-state index < -0.39 is 0 Å². The third-order valence-corrected chi connectivity index (χ3v) is 1.19. The minimum Gasteiger partial charge on any atom is -0.335 e. The Bertz CT molecular complexity index is 247. The largest absolute Gasteiger partial charge is 0.335 e. The maximum absolute atomic E-state index is 4.04. The molecule has 0 aliphatic rings. The van der Waals surface area contributed by atoms with Crippen molar-refractivity contribution in [2.24, 2.45) is 12.0 Å². The average Bonchev–Trinajstić information content (AvgIpc) is 2.31. The van der Waals surface area contributed by atoms with Gasteiger partial charge < -0.3 is 4.57 Å². The molecule has 0 saturated carbocycles. The van der Waals surface area contributed by atoms with Crippen LogP contribution in [-0.4, -0.2) is 16.3 Å². The van der Waals surface area contributed by atoms with Gasteiger partial charge in [0.1, 0.15) is 5.82 Å². The van der Waals surface area contributed by atoms with Crippen LogP contribution >= 0.6 is 0 Å². The van der Waals surface area contributed by atoms with E-state index in [1.165, 1.54) is 0 Å². The molecule has 0 unspecified atom stereocenters. The molecule has 0 bridgehead atoms. The lowest BCUT2D eigenvalue weighted by Gasteiger charge is -1.90. The highest BCUT2D eigenvalue weighted by atomic mass is 15.0. The van der Waals surface area contributed by atoms with Gasteiger partial charge in [-0.05, 0) is 12.8 Å². The standard InChI is InChI=1S/C7H9N3/c1-8-4-3-7-9-5-6-10(7)2/h3-6H,1H2,2H3/b4-3-. The van der Waals surface area contributed by atoms with Gasteiger partial charge in [-0.15, -0.1) is 0 Å². The minimum atomic E-state index is 0.882. The lowest BCUT2D eigenvalue weighted by Crippen LogP contribution is -1.88. The number of aromatic nitrogens is 2. The molecule has 1 aromatic rings. The highest BCUT2D eigenvalue weighted by Gasteiger charge is 1.89. The van der Waals surface area contributed by atoms with E-state index in [0.29, 0.717) is 0 Å². The fourth-order valence-electron chi connectivity index (χ4n) is 0.657. The van der Waals surface area contributed by atoms with Crippen LogP contribution < -0.4 is 0 Å². The molecule has 0 fully saturated rings. The Labute approximate surface area is 59.7 Å². The Morgan fingerprint density at radius 1 is 1.80 bits per heavy atom. The summed E-state index contributed by atoms with van der Waals surface area (Å²) in [6.45, 7) is 3.32. The number of hydrogen-bond donors (Lipinski definition) is 0. The summed E-state index contributed by atoms with van der Waals surface area (Å²) >= 11 is 0. The molecule has 3 heteroatoms. The van der Waals surface area contributed by atoms with Crippen molar-refractivity contribution in [2.45, 2.75) is 0 Å². The molecule has 0 aliphatic carbocycles. The van der Waals surface area contributed by atoms with Crippen molar-refractivity contribution in [3.63, 3.8) is 0 Å². The van der Waals surface area contributed by atoms with Gasteiger partial charge in [0.15, 0.2) is 0 Å². The van der Waals surface area contributed by atoms with Crippen molar-refractivity contribution < 1.29 is 0 Å². The van der Waals surface area contributed by atoms with Crippen molar-refractivity contribution in [3.8, 4) is 0 Å². The highest BCUT2D eigenvalue weighted by Crippen LogP contribution is 1.95. The number of aryl methyl sites for hydroxylation is 1. The van der Waals surface area contributed by atoms with Gasteiger partial charge >= 0.3 is 0 Å². The van der Waals surface area contributed by atoms with Gasteiger partial charge in [0.2, 0.25) is 0 Å². The second-order valence-electron chi connectivity index (χ2n) is 1.89. The Balaban J connectivity index is 2.83. The van der Waals surface area contributed by atoms with E-state index in [0.717, 1.165) is 5.82 Å². The molecule has 0 N–H and O–H groups in total. The van der Waals surface area contributed by atoms with Crippen LogP contribution in [0, 0.1) is 0 Å². The zero-order valence-electron chi connectivity index (χ0n) is 5.86. The number of nitrogens with zero attached hydrogens (tertiary/aromatic N) is 3. The van der Waals surface area contributed by atoms with Gasteiger partial charge in [0.05, 0.1) is 0 Å². The van der Waals surface area contributed by atoms with Crippen molar-refractivity contribution in [3.05, 3.63) is 24.4 Å². The smallest absolute Gasteiger partial charge is 0.133 e. The Morgan fingerprint density at radius 3 is 3.10 bits per heavy atom. The lowest BCUT2D eigenvalue weighted by molar-refractivity contribution is 0.897. The van der Waals surface area contributed by atoms with Crippen molar-refractivity contribution in [2.75, 3.05) is 0 Å². The second kappa shape index (κ2) is 2.96. The van der Waals surface area contributed by atoms with Crippen LogP contribution in [0.1, 0.15) is 5.82 Å². The first-order chi connectivity index (χ1) is 4.84. The number of rotatable bonds is 2. The van der Waals surface area contributed by atoms with Crippen LogP contribution in [0.25, 0.3) is 6.08 Å². The molecule has 0 aromatic carbocycles. The summed E-state index contributed by atoms with van der Waals surface area (Å²) < 4.78 is 1.90. The summed E-state index contributed by atoms with van der Waals surface area (Å²) in [5.41, 5.74) is 0. The van der Waals surface area contributed by atoms with Gasteiger partial charge in [0, 0.05) is 25.6 Å². The molecule has 0 saturated heterocycles. The monoisotopic (exact) mass is 135 g/mol. The van der Waals surface area contributed by atoms with Gasteiger partial charge in [-0.3, -0.25) is 4.99 Å². The van der Waals surface area contributed by atoms with Crippen LogP contribution in [-0.2, 0) is 7.05 Å². The molecule has 0 amide bonds. The molecule has 0 atom stereocenters. The van der Waals surface area contributed by atoms with E-state index in [1.807, 2.05) is 17.8 Å². The number of imidazole rings is 1. The molecular formula is C7H9N3. The summed E-state index contributed by atoms with van der Waals surface area (Å²) in [4.78, 5) is 7.61. The van der Waals surface area contributed by atoms with E-state index in [-0.39, 0.29) is 0 Å². The Morgan fingerprint density at radius 2 is 2.60 bits per heavy atom. The summed E-state index contributed by atoms with van der Waals surface area (Å²) in [6.07, 6.45) is 7.03.